The summed E-state index contributed by atoms with van der Waals surface area (Å²) in [6.45, 7) is 2.17. The maximum Gasteiger partial charge on any atom is 0.270 e. The van der Waals surface area contributed by atoms with Crippen LogP contribution in [0.3, 0.4) is 0 Å². The zero-order valence-electron chi connectivity index (χ0n) is 7.95. The summed E-state index contributed by atoms with van der Waals surface area (Å²) >= 11 is 11.8. The lowest BCUT2D eigenvalue weighted by Gasteiger charge is -2.01. The summed E-state index contributed by atoms with van der Waals surface area (Å²) in [6.07, 6.45) is 8.47. The smallest absolute Gasteiger partial charge is 0.141 e. The second-order valence-electron chi connectivity index (χ2n) is 3.21. The van der Waals surface area contributed by atoms with Crippen molar-refractivity contribution in [1.29, 1.82) is 0 Å². The zero-order valence-corrected chi connectivity index (χ0v) is 10.5. The van der Waals surface area contributed by atoms with Crippen LogP contribution in [0.25, 0.3) is 0 Å². The number of unbranched alkanes of at least 4 members (excludes halogenated alkanes) is 4. The third kappa shape index (κ3) is 10.5. The largest absolute Gasteiger partial charge is 0.270 e. The van der Waals surface area contributed by atoms with E-state index in [4.69, 9.17) is 22.2 Å². The Morgan fingerprint density at radius 3 is 2.33 bits per heavy atom. The maximum absolute atomic E-state index is 5.89. The van der Waals surface area contributed by atoms with E-state index in [2.05, 4.69) is 13.0 Å². The van der Waals surface area contributed by atoms with Gasteiger partial charge in [0.2, 0.25) is 0 Å². The molecule has 0 aromatic heterocycles. The van der Waals surface area contributed by atoms with E-state index in [-0.39, 0.29) is 0 Å². The molecule has 0 rings (SSSR count). The molecule has 0 amide bonds. The van der Waals surface area contributed by atoms with E-state index in [0.717, 1.165) is 6.42 Å². The van der Waals surface area contributed by atoms with Crippen LogP contribution in [-0.4, -0.2) is 6.69 Å². The molecule has 0 saturated carbocycles. The Hall–Kier alpha value is 0.537. The third-order valence-electron chi connectivity index (χ3n) is 1.63. The van der Waals surface area contributed by atoms with E-state index < -0.39 is 6.69 Å². The highest BCUT2D eigenvalue weighted by Gasteiger charge is 2.14. The lowest BCUT2D eigenvalue weighted by atomic mass is 10.2. The van der Waals surface area contributed by atoms with Crippen LogP contribution in [0.1, 0.15) is 39.0 Å². The molecule has 0 N–H and O–H groups in total. The predicted octanol–water partition coefficient (Wildman–Crippen LogP) is 4.60. The first-order valence-electron chi connectivity index (χ1n) is 4.62. The monoisotopic (exact) mass is 224 g/mol. The van der Waals surface area contributed by atoms with E-state index in [1.54, 1.807) is 0 Å². The van der Waals surface area contributed by atoms with E-state index in [1.165, 1.54) is 25.7 Å². The predicted molar refractivity (Wildman–Crippen MR) is 61.2 cm³/mol. The van der Waals surface area contributed by atoms with Crippen LogP contribution in [0.2, 0.25) is 6.55 Å². The number of allylic oxidation sites excluding steroid dienone is 1. The summed E-state index contributed by atoms with van der Waals surface area (Å²) in [6, 6.07) is 0. The molecule has 0 aromatic carbocycles. The number of rotatable bonds is 6. The summed E-state index contributed by atoms with van der Waals surface area (Å²) in [7, 11) is 0. The van der Waals surface area contributed by atoms with Gasteiger partial charge in [0.1, 0.15) is 0 Å². The van der Waals surface area contributed by atoms with Gasteiger partial charge in [-0.3, -0.25) is 0 Å². The van der Waals surface area contributed by atoms with Crippen LogP contribution in [0.15, 0.2) is 11.8 Å². The van der Waals surface area contributed by atoms with Gasteiger partial charge in [-0.2, -0.15) is 0 Å². The fourth-order valence-corrected chi connectivity index (χ4v) is 2.09. The molecule has 0 aliphatic rings. The Bertz CT molecular complexity index is 127. The van der Waals surface area contributed by atoms with E-state index in [0.29, 0.717) is 0 Å². The number of hydrogen-bond donors (Lipinski definition) is 0. The fourth-order valence-electron chi connectivity index (χ4n) is 0.979. The minimum Gasteiger partial charge on any atom is -0.141 e. The molecular weight excluding hydrogens is 207 g/mol. The molecule has 0 heterocycles. The van der Waals surface area contributed by atoms with Crippen molar-refractivity contribution in [3.63, 3.8) is 0 Å². The molecule has 3 heteroatoms. The lowest BCUT2D eigenvalue weighted by molar-refractivity contribution is 0.674. The van der Waals surface area contributed by atoms with Crippen molar-refractivity contribution < 1.29 is 0 Å². The van der Waals surface area contributed by atoms with E-state index in [9.17, 15) is 0 Å². The highest BCUT2D eigenvalue weighted by Crippen LogP contribution is 2.15. The molecule has 0 fully saturated rings. The van der Waals surface area contributed by atoms with Gasteiger partial charge in [-0.25, -0.2) is 0 Å². The fraction of sp³-hybridized carbons (Fsp3) is 0.778. The van der Waals surface area contributed by atoms with Crippen molar-refractivity contribution in [3.05, 3.63) is 11.8 Å². The molecule has 0 atom stereocenters. The normalized spacial score (nSPS) is 12.7. The van der Waals surface area contributed by atoms with Gasteiger partial charge >= 0.3 is 0 Å². The molecule has 0 unspecified atom stereocenters. The van der Waals surface area contributed by atoms with Gasteiger partial charge in [0.15, 0.2) is 0 Å². The van der Waals surface area contributed by atoms with Crippen molar-refractivity contribution >= 4 is 28.9 Å². The Balaban J connectivity index is 3.25. The van der Waals surface area contributed by atoms with Crippen LogP contribution in [0.5, 0.6) is 0 Å². The van der Waals surface area contributed by atoms with Crippen LogP contribution >= 0.6 is 22.2 Å². The molecule has 0 radical (unpaired) electrons. The van der Waals surface area contributed by atoms with E-state index in [1.807, 2.05) is 12.2 Å². The Kier molecular flexibility index (Phi) is 7.30. The first kappa shape index (κ1) is 12.5. The quantitative estimate of drug-likeness (QED) is 0.352. The second-order valence-corrected chi connectivity index (χ2v) is 10.7. The molecule has 72 valence electrons. The van der Waals surface area contributed by atoms with Crippen LogP contribution in [0, 0.1) is 0 Å². The van der Waals surface area contributed by atoms with Crippen LogP contribution in [-0.2, 0) is 0 Å². The molecule has 0 saturated heterocycles. The Morgan fingerprint density at radius 2 is 1.83 bits per heavy atom. The van der Waals surface area contributed by atoms with Crippen molar-refractivity contribution in [1.82, 2.24) is 0 Å². The molecular formula is C9H18Cl2Si. The summed E-state index contributed by atoms with van der Waals surface area (Å²) in [5.41, 5.74) is 1.99. The standard InChI is InChI=1S/C9H18Cl2Si/c1-3-4-5-6-7-8-9-12(2,10)11/h8-9H,3-7H2,1-2H3/b9-8+. The zero-order chi connectivity index (χ0) is 9.45. The first-order chi connectivity index (χ1) is 5.56. The lowest BCUT2D eigenvalue weighted by Crippen LogP contribution is -2.07. The van der Waals surface area contributed by atoms with E-state index >= 15 is 0 Å². The molecule has 12 heavy (non-hydrogen) atoms. The highest BCUT2D eigenvalue weighted by molar-refractivity contribution is 7.47. The summed E-state index contributed by atoms with van der Waals surface area (Å²) in [5.74, 6) is 0. The number of hydrogen-bond acceptors (Lipinski definition) is 0. The van der Waals surface area contributed by atoms with Gasteiger partial charge in [-0.05, 0) is 19.4 Å². The minimum atomic E-state index is -1.96. The Labute approximate surface area is 86.4 Å². The highest BCUT2D eigenvalue weighted by atomic mass is 35.7. The SMILES string of the molecule is CCCCCC/C=C/[Si](C)(Cl)Cl. The Morgan fingerprint density at radius 1 is 1.17 bits per heavy atom. The van der Waals surface area contributed by atoms with Crippen LogP contribution in [0.4, 0.5) is 0 Å². The van der Waals surface area contributed by atoms with Gasteiger partial charge in [-0.15, -0.1) is 22.2 Å². The summed E-state index contributed by atoms with van der Waals surface area (Å²) in [4.78, 5) is 0. The molecule has 0 nitrogen and oxygen atoms in total. The summed E-state index contributed by atoms with van der Waals surface area (Å²) < 4.78 is 0. The maximum atomic E-state index is 5.89. The van der Waals surface area contributed by atoms with Gasteiger partial charge in [0.25, 0.3) is 6.69 Å². The molecule has 0 aliphatic carbocycles. The average Bonchev–Trinajstić information content (AvgIpc) is 1.94. The number of halogens is 2. The van der Waals surface area contributed by atoms with Gasteiger partial charge in [0.05, 0.1) is 0 Å². The molecule has 0 aromatic rings. The topological polar surface area (TPSA) is 0 Å². The van der Waals surface area contributed by atoms with Gasteiger partial charge in [0, 0.05) is 0 Å². The molecule has 0 spiro atoms. The van der Waals surface area contributed by atoms with Crippen molar-refractivity contribution in [2.45, 2.75) is 45.6 Å². The third-order valence-corrected chi connectivity index (χ3v) is 3.21. The van der Waals surface area contributed by atoms with Crippen molar-refractivity contribution in [2.75, 3.05) is 0 Å². The average molecular weight is 225 g/mol. The van der Waals surface area contributed by atoms with Crippen molar-refractivity contribution in [3.8, 4) is 0 Å². The van der Waals surface area contributed by atoms with Crippen LogP contribution < -0.4 is 0 Å². The van der Waals surface area contributed by atoms with Crippen molar-refractivity contribution in [2.24, 2.45) is 0 Å². The van der Waals surface area contributed by atoms with Gasteiger partial charge < -0.3 is 0 Å². The minimum absolute atomic E-state index is 1.13. The van der Waals surface area contributed by atoms with Gasteiger partial charge in [-0.1, -0.05) is 38.0 Å². The second kappa shape index (κ2) is 6.99. The molecule has 0 aliphatic heterocycles. The molecule has 0 bridgehead atoms. The summed E-state index contributed by atoms with van der Waals surface area (Å²) in [5, 5.41) is 0. The first-order valence-corrected chi connectivity index (χ1v) is 9.22.